The first-order chi connectivity index (χ1) is 8.62. The van der Waals surface area contributed by atoms with Gasteiger partial charge in [0.05, 0.1) is 19.8 Å². The maximum atomic E-state index is 11.6. The first-order valence-electron chi connectivity index (χ1n) is 5.45. The van der Waals surface area contributed by atoms with Crippen LogP contribution in [0.4, 0.5) is 0 Å². The molecule has 0 amide bonds. The summed E-state index contributed by atoms with van der Waals surface area (Å²) < 4.78 is 9.31. The van der Waals surface area contributed by atoms with Crippen LogP contribution in [-0.4, -0.2) is 26.2 Å². The fourth-order valence-corrected chi connectivity index (χ4v) is 1.93. The SMILES string of the molecule is COC(=O)CCc1cc(CBr)ccc1C(=O)OC. The third-order valence-electron chi connectivity index (χ3n) is 2.56. The van der Waals surface area contributed by atoms with E-state index in [1.54, 1.807) is 6.07 Å². The normalized spacial score (nSPS) is 9.94. The van der Waals surface area contributed by atoms with E-state index >= 15 is 0 Å². The van der Waals surface area contributed by atoms with E-state index in [4.69, 9.17) is 4.74 Å². The van der Waals surface area contributed by atoms with Gasteiger partial charge < -0.3 is 9.47 Å². The van der Waals surface area contributed by atoms with Crippen molar-refractivity contribution in [2.45, 2.75) is 18.2 Å². The molecule has 0 fully saturated rings. The lowest BCUT2D eigenvalue weighted by Gasteiger charge is -2.09. The number of halogens is 1. The summed E-state index contributed by atoms with van der Waals surface area (Å²) >= 11 is 3.36. The Bertz CT molecular complexity index is 443. The minimum absolute atomic E-state index is 0.242. The minimum atomic E-state index is -0.393. The number of hydrogen-bond donors (Lipinski definition) is 0. The summed E-state index contributed by atoms with van der Waals surface area (Å²) in [4.78, 5) is 22.7. The van der Waals surface area contributed by atoms with Crippen LogP contribution in [0.3, 0.4) is 0 Å². The van der Waals surface area contributed by atoms with Gasteiger partial charge in [-0.3, -0.25) is 4.79 Å². The molecule has 0 aromatic heterocycles. The van der Waals surface area contributed by atoms with Gasteiger partial charge in [0, 0.05) is 11.8 Å². The Morgan fingerprint density at radius 2 is 1.94 bits per heavy atom. The molecule has 0 bridgehead atoms. The molecule has 1 aromatic carbocycles. The van der Waals surface area contributed by atoms with Crippen molar-refractivity contribution >= 4 is 27.9 Å². The van der Waals surface area contributed by atoms with Crippen LogP contribution < -0.4 is 0 Å². The van der Waals surface area contributed by atoms with Gasteiger partial charge in [0.15, 0.2) is 0 Å². The second kappa shape index (κ2) is 7.16. The lowest BCUT2D eigenvalue weighted by Crippen LogP contribution is -2.09. The molecular weight excluding hydrogens is 300 g/mol. The molecule has 0 aliphatic rings. The quantitative estimate of drug-likeness (QED) is 0.619. The number of methoxy groups -OCH3 is 2. The van der Waals surface area contributed by atoms with Crippen LogP contribution in [0.2, 0.25) is 0 Å². The first-order valence-corrected chi connectivity index (χ1v) is 6.57. The Morgan fingerprint density at radius 1 is 1.22 bits per heavy atom. The molecule has 98 valence electrons. The molecule has 18 heavy (non-hydrogen) atoms. The molecule has 1 aromatic rings. The van der Waals surface area contributed by atoms with Crippen molar-refractivity contribution in [1.29, 1.82) is 0 Å². The van der Waals surface area contributed by atoms with Gasteiger partial charge >= 0.3 is 11.9 Å². The van der Waals surface area contributed by atoms with E-state index in [2.05, 4.69) is 20.7 Å². The summed E-state index contributed by atoms with van der Waals surface area (Å²) in [6.07, 6.45) is 0.699. The first kappa shape index (κ1) is 14.7. The number of carbonyl (C=O) groups is 2. The monoisotopic (exact) mass is 314 g/mol. The van der Waals surface area contributed by atoms with Gasteiger partial charge in [0.1, 0.15) is 0 Å². The van der Waals surface area contributed by atoms with Gasteiger partial charge in [-0.15, -0.1) is 0 Å². The molecule has 0 saturated carbocycles. The molecular formula is C13H15BrO4. The fraction of sp³-hybridized carbons (Fsp3) is 0.385. The predicted molar refractivity (Wildman–Crippen MR) is 70.7 cm³/mol. The number of alkyl halides is 1. The standard InChI is InChI=1S/C13H15BrO4/c1-17-12(15)6-4-10-7-9(8-14)3-5-11(10)13(16)18-2/h3,5,7H,4,6,8H2,1-2H3. The Labute approximate surface area is 114 Å². The summed E-state index contributed by atoms with van der Waals surface area (Å²) in [6, 6.07) is 5.46. The van der Waals surface area contributed by atoms with E-state index in [1.807, 2.05) is 12.1 Å². The number of hydrogen-bond acceptors (Lipinski definition) is 4. The molecule has 4 nitrogen and oxygen atoms in total. The Hall–Kier alpha value is -1.36. The lowest BCUT2D eigenvalue weighted by atomic mass is 10.0. The Balaban J connectivity index is 2.96. The minimum Gasteiger partial charge on any atom is -0.469 e. The van der Waals surface area contributed by atoms with Crippen molar-refractivity contribution in [2.24, 2.45) is 0 Å². The van der Waals surface area contributed by atoms with E-state index < -0.39 is 5.97 Å². The number of carbonyl (C=O) groups excluding carboxylic acids is 2. The highest BCUT2D eigenvalue weighted by atomic mass is 79.9. The molecule has 0 spiro atoms. The maximum Gasteiger partial charge on any atom is 0.338 e. The summed E-state index contributed by atoms with van der Waals surface area (Å²) in [5.74, 6) is -0.689. The Kier molecular flexibility index (Phi) is 5.85. The van der Waals surface area contributed by atoms with E-state index in [0.29, 0.717) is 17.3 Å². The summed E-state index contributed by atoms with van der Waals surface area (Å²) in [6.45, 7) is 0. The van der Waals surface area contributed by atoms with Gasteiger partial charge in [-0.05, 0) is 23.6 Å². The molecule has 0 radical (unpaired) electrons. The second-order valence-electron chi connectivity index (χ2n) is 3.69. The van der Waals surface area contributed by atoms with Crippen molar-refractivity contribution in [2.75, 3.05) is 14.2 Å². The van der Waals surface area contributed by atoms with Crippen LogP contribution in [-0.2, 0) is 26.0 Å². The van der Waals surface area contributed by atoms with Crippen molar-refractivity contribution < 1.29 is 19.1 Å². The van der Waals surface area contributed by atoms with Crippen LogP contribution in [0.15, 0.2) is 18.2 Å². The largest absolute Gasteiger partial charge is 0.469 e. The smallest absolute Gasteiger partial charge is 0.338 e. The van der Waals surface area contributed by atoms with E-state index in [-0.39, 0.29) is 12.4 Å². The van der Waals surface area contributed by atoms with Gasteiger partial charge in [0.2, 0.25) is 0 Å². The number of aryl methyl sites for hydroxylation is 1. The molecule has 0 aliphatic heterocycles. The fourth-order valence-electron chi connectivity index (χ4n) is 1.58. The maximum absolute atomic E-state index is 11.6. The van der Waals surface area contributed by atoms with Crippen LogP contribution >= 0.6 is 15.9 Å². The average Bonchev–Trinajstić information content (AvgIpc) is 2.43. The lowest BCUT2D eigenvalue weighted by molar-refractivity contribution is -0.140. The van der Waals surface area contributed by atoms with Crippen molar-refractivity contribution in [3.63, 3.8) is 0 Å². The molecule has 1 rings (SSSR count). The van der Waals surface area contributed by atoms with Gasteiger partial charge in [0.25, 0.3) is 0 Å². The van der Waals surface area contributed by atoms with Crippen LogP contribution in [0.5, 0.6) is 0 Å². The summed E-state index contributed by atoms with van der Waals surface area (Å²) in [5.41, 5.74) is 2.33. The molecule has 0 unspecified atom stereocenters. The Morgan fingerprint density at radius 3 is 2.50 bits per heavy atom. The molecule has 5 heteroatoms. The zero-order chi connectivity index (χ0) is 13.5. The molecule has 0 atom stereocenters. The van der Waals surface area contributed by atoms with Crippen LogP contribution in [0.25, 0.3) is 0 Å². The topological polar surface area (TPSA) is 52.6 Å². The highest BCUT2D eigenvalue weighted by Crippen LogP contribution is 2.17. The van der Waals surface area contributed by atoms with Crippen LogP contribution in [0, 0.1) is 0 Å². The molecule has 0 aliphatic carbocycles. The van der Waals surface area contributed by atoms with Gasteiger partial charge in [-0.1, -0.05) is 28.1 Å². The number of esters is 2. The van der Waals surface area contributed by atoms with Crippen molar-refractivity contribution in [3.8, 4) is 0 Å². The number of ether oxygens (including phenoxy) is 2. The van der Waals surface area contributed by atoms with Gasteiger partial charge in [-0.25, -0.2) is 4.79 Å². The third-order valence-corrected chi connectivity index (χ3v) is 3.20. The van der Waals surface area contributed by atoms with E-state index in [9.17, 15) is 9.59 Å². The van der Waals surface area contributed by atoms with Crippen LogP contribution in [0.1, 0.15) is 27.9 Å². The highest BCUT2D eigenvalue weighted by molar-refractivity contribution is 9.08. The van der Waals surface area contributed by atoms with Gasteiger partial charge in [-0.2, -0.15) is 0 Å². The van der Waals surface area contributed by atoms with E-state index in [1.165, 1.54) is 14.2 Å². The average molecular weight is 315 g/mol. The van der Waals surface area contributed by atoms with E-state index in [0.717, 1.165) is 11.1 Å². The van der Waals surface area contributed by atoms with Crippen molar-refractivity contribution in [3.05, 3.63) is 34.9 Å². The number of rotatable bonds is 5. The number of benzene rings is 1. The highest BCUT2D eigenvalue weighted by Gasteiger charge is 2.13. The molecule has 0 heterocycles. The predicted octanol–water partition coefficient (Wildman–Crippen LogP) is 2.47. The zero-order valence-corrected chi connectivity index (χ0v) is 12.0. The molecule has 0 N–H and O–H groups in total. The zero-order valence-electron chi connectivity index (χ0n) is 10.4. The third kappa shape index (κ3) is 3.84. The second-order valence-corrected chi connectivity index (χ2v) is 4.25. The summed E-state index contributed by atoms with van der Waals surface area (Å²) in [7, 11) is 2.68. The van der Waals surface area contributed by atoms with Crippen molar-refractivity contribution in [1.82, 2.24) is 0 Å². The molecule has 0 saturated heterocycles. The summed E-state index contributed by atoms with van der Waals surface area (Å²) in [5, 5.41) is 0.694.